The van der Waals surface area contributed by atoms with Gasteiger partial charge in [-0.25, -0.2) is 9.97 Å². The third-order valence-electron chi connectivity index (χ3n) is 7.00. The monoisotopic (exact) mass is 460 g/mol. The van der Waals surface area contributed by atoms with Crippen molar-refractivity contribution in [2.24, 2.45) is 5.92 Å². The maximum atomic E-state index is 12.2. The number of hydrogen-bond acceptors (Lipinski definition) is 7. The highest BCUT2D eigenvalue weighted by atomic mass is 16.5. The van der Waals surface area contributed by atoms with E-state index in [0.717, 1.165) is 54.5 Å². The zero-order valence-electron chi connectivity index (χ0n) is 20.2. The molecule has 3 atom stereocenters. The van der Waals surface area contributed by atoms with Crippen LogP contribution in [-0.2, 0) is 9.47 Å². The molecule has 178 valence electrons. The molecule has 4 heterocycles. The molecule has 3 aromatic rings. The molecule has 0 spiro atoms. The van der Waals surface area contributed by atoms with Gasteiger partial charge in [0.05, 0.1) is 30.6 Å². The molecule has 2 saturated heterocycles. The van der Waals surface area contributed by atoms with Gasteiger partial charge < -0.3 is 14.4 Å². The van der Waals surface area contributed by atoms with Gasteiger partial charge in [-0.3, -0.25) is 4.79 Å². The Morgan fingerprint density at radius 2 is 1.91 bits per heavy atom. The van der Waals surface area contributed by atoms with Crippen molar-refractivity contribution < 1.29 is 14.3 Å². The second-order valence-corrected chi connectivity index (χ2v) is 9.40. The summed E-state index contributed by atoms with van der Waals surface area (Å²) in [4.78, 5) is 29.5. The van der Waals surface area contributed by atoms with E-state index in [1.54, 1.807) is 0 Å². The van der Waals surface area contributed by atoms with Gasteiger partial charge in [0.1, 0.15) is 0 Å². The Morgan fingerprint density at radius 1 is 1.06 bits per heavy atom. The second kappa shape index (κ2) is 9.76. The van der Waals surface area contributed by atoms with Crippen LogP contribution >= 0.6 is 0 Å². The lowest BCUT2D eigenvalue weighted by atomic mass is 9.85. The number of Topliss-reactive ketones (excluding diaryl/α,β-unsaturated/α-hetero) is 1. The highest BCUT2D eigenvalue weighted by molar-refractivity contribution is 5.97. The van der Waals surface area contributed by atoms with E-state index in [2.05, 4.69) is 24.8 Å². The van der Waals surface area contributed by atoms with Crippen molar-refractivity contribution in [3.8, 4) is 11.3 Å². The van der Waals surface area contributed by atoms with Crippen LogP contribution in [0.3, 0.4) is 0 Å². The van der Waals surface area contributed by atoms with Gasteiger partial charge in [0.25, 0.3) is 0 Å². The van der Waals surface area contributed by atoms with Gasteiger partial charge in [-0.15, -0.1) is 0 Å². The molecule has 1 aromatic carbocycles. The van der Waals surface area contributed by atoms with E-state index in [-0.39, 0.29) is 11.8 Å². The Morgan fingerprint density at radius 3 is 2.71 bits per heavy atom. The standard InChI is InChI=1S/C27H32N4O3/c1-4-24(32)20-7-5-6-19(14-20)23-9-8-22-25(21-10-12-33-15-17(21)2)29-27(30-26(22)28-23)31-11-13-34-16-18(31)3/h5-9,14,17-18,21H,4,10-13,15-16H2,1-3H3/t17-,18-,21?/m0/s1. The molecule has 2 fully saturated rings. The number of rotatable bonds is 5. The quantitative estimate of drug-likeness (QED) is 0.513. The maximum absolute atomic E-state index is 12.2. The topological polar surface area (TPSA) is 77.4 Å². The number of ketones is 1. The number of fused-ring (bicyclic) bond motifs is 1. The first-order chi connectivity index (χ1) is 16.5. The molecule has 0 bridgehead atoms. The molecule has 5 rings (SSSR count). The van der Waals surface area contributed by atoms with E-state index in [0.29, 0.717) is 42.7 Å². The van der Waals surface area contributed by atoms with Crippen molar-refractivity contribution in [2.45, 2.75) is 45.6 Å². The van der Waals surface area contributed by atoms with Gasteiger partial charge in [-0.1, -0.05) is 32.0 Å². The summed E-state index contributed by atoms with van der Waals surface area (Å²) in [6, 6.07) is 12.0. The van der Waals surface area contributed by atoms with Crippen LogP contribution in [0.25, 0.3) is 22.3 Å². The average Bonchev–Trinajstić information content (AvgIpc) is 2.88. The van der Waals surface area contributed by atoms with Gasteiger partial charge in [-0.2, -0.15) is 4.98 Å². The maximum Gasteiger partial charge on any atom is 0.228 e. The first-order valence-corrected chi connectivity index (χ1v) is 12.3. The molecule has 0 N–H and O–H groups in total. The van der Waals surface area contributed by atoms with E-state index < -0.39 is 0 Å². The fraction of sp³-hybridized carbons (Fsp3) is 0.481. The lowest BCUT2D eigenvalue weighted by Gasteiger charge is -2.34. The van der Waals surface area contributed by atoms with Crippen molar-refractivity contribution >= 4 is 22.8 Å². The number of carbonyl (C=O) groups excluding carboxylic acids is 1. The van der Waals surface area contributed by atoms with Crippen LogP contribution in [-0.4, -0.2) is 59.7 Å². The number of ether oxygens (including phenoxy) is 2. The third-order valence-corrected chi connectivity index (χ3v) is 7.00. The van der Waals surface area contributed by atoms with Gasteiger partial charge in [-0.05, 0) is 37.5 Å². The normalized spacial score (nSPS) is 23.3. The van der Waals surface area contributed by atoms with E-state index in [4.69, 9.17) is 24.4 Å². The predicted octanol–water partition coefficient (Wildman–Crippen LogP) is 4.65. The zero-order valence-corrected chi connectivity index (χ0v) is 20.2. The summed E-state index contributed by atoms with van der Waals surface area (Å²) in [6.07, 6.45) is 1.42. The lowest BCUT2D eigenvalue weighted by Crippen LogP contribution is -2.44. The Bertz CT molecular complexity index is 1200. The number of pyridine rings is 1. The van der Waals surface area contributed by atoms with Crippen molar-refractivity contribution in [2.75, 3.05) is 37.9 Å². The first-order valence-electron chi connectivity index (χ1n) is 12.3. The van der Waals surface area contributed by atoms with Crippen LogP contribution in [0.4, 0.5) is 5.95 Å². The first kappa shape index (κ1) is 22.9. The van der Waals surface area contributed by atoms with Crippen molar-refractivity contribution in [1.29, 1.82) is 0 Å². The zero-order chi connectivity index (χ0) is 23.7. The molecule has 0 radical (unpaired) electrons. The van der Waals surface area contributed by atoms with Crippen LogP contribution in [0, 0.1) is 5.92 Å². The summed E-state index contributed by atoms with van der Waals surface area (Å²) in [6.45, 7) is 9.83. The second-order valence-electron chi connectivity index (χ2n) is 9.40. The van der Waals surface area contributed by atoms with E-state index in [9.17, 15) is 4.79 Å². The molecule has 0 amide bonds. The van der Waals surface area contributed by atoms with Gasteiger partial charge in [0.2, 0.25) is 5.95 Å². The molecule has 0 aliphatic carbocycles. The van der Waals surface area contributed by atoms with E-state index in [1.165, 1.54) is 0 Å². The average molecular weight is 461 g/mol. The number of aromatic nitrogens is 3. The Balaban J connectivity index is 1.63. The number of nitrogens with zero attached hydrogens (tertiary/aromatic N) is 4. The Labute approximate surface area is 200 Å². The number of morpholine rings is 1. The summed E-state index contributed by atoms with van der Waals surface area (Å²) in [7, 11) is 0. The molecule has 7 nitrogen and oxygen atoms in total. The molecule has 0 saturated carbocycles. The highest BCUT2D eigenvalue weighted by Crippen LogP contribution is 2.36. The molecule has 34 heavy (non-hydrogen) atoms. The number of benzene rings is 1. The molecule has 2 aliphatic heterocycles. The molecule has 2 aliphatic rings. The van der Waals surface area contributed by atoms with Crippen molar-refractivity contribution in [3.63, 3.8) is 0 Å². The third kappa shape index (κ3) is 4.42. The van der Waals surface area contributed by atoms with Crippen LogP contribution in [0.5, 0.6) is 0 Å². The van der Waals surface area contributed by atoms with Crippen LogP contribution in [0.1, 0.15) is 55.6 Å². The minimum absolute atomic E-state index is 0.129. The van der Waals surface area contributed by atoms with Gasteiger partial charge in [0.15, 0.2) is 11.4 Å². The van der Waals surface area contributed by atoms with Gasteiger partial charge in [0, 0.05) is 48.6 Å². The number of hydrogen-bond donors (Lipinski definition) is 0. The minimum atomic E-state index is 0.129. The summed E-state index contributed by atoms with van der Waals surface area (Å²) in [5.41, 5.74) is 4.20. The number of carbonyl (C=O) groups is 1. The molecular formula is C27H32N4O3. The highest BCUT2D eigenvalue weighted by Gasteiger charge is 2.30. The summed E-state index contributed by atoms with van der Waals surface area (Å²) in [5, 5.41) is 0.993. The largest absolute Gasteiger partial charge is 0.381 e. The van der Waals surface area contributed by atoms with Gasteiger partial charge >= 0.3 is 0 Å². The SMILES string of the molecule is CCC(=O)c1cccc(-c2ccc3c(C4CCOC[C@@H]4C)nc(N4CCOC[C@@H]4C)nc3n2)c1. The minimum Gasteiger partial charge on any atom is -0.381 e. The van der Waals surface area contributed by atoms with Crippen molar-refractivity contribution in [3.05, 3.63) is 47.7 Å². The molecular weight excluding hydrogens is 428 g/mol. The number of anilines is 1. The smallest absolute Gasteiger partial charge is 0.228 e. The fourth-order valence-corrected chi connectivity index (χ4v) is 4.96. The summed E-state index contributed by atoms with van der Waals surface area (Å²) >= 11 is 0. The molecule has 1 unspecified atom stereocenters. The fourth-order valence-electron chi connectivity index (χ4n) is 4.96. The molecule has 2 aromatic heterocycles. The summed E-state index contributed by atoms with van der Waals surface area (Å²) in [5.74, 6) is 1.52. The van der Waals surface area contributed by atoms with E-state index in [1.807, 2.05) is 37.3 Å². The van der Waals surface area contributed by atoms with E-state index >= 15 is 0 Å². The Kier molecular flexibility index (Phi) is 6.57. The van der Waals surface area contributed by atoms with Crippen molar-refractivity contribution in [1.82, 2.24) is 15.0 Å². The van der Waals surface area contributed by atoms with Crippen LogP contribution in [0.15, 0.2) is 36.4 Å². The summed E-state index contributed by atoms with van der Waals surface area (Å²) < 4.78 is 11.4. The molecule has 7 heteroatoms. The van der Waals surface area contributed by atoms with Crippen LogP contribution in [0.2, 0.25) is 0 Å². The van der Waals surface area contributed by atoms with Crippen LogP contribution < -0.4 is 4.90 Å². The predicted molar refractivity (Wildman–Crippen MR) is 132 cm³/mol. The Hall–Kier alpha value is -2.90. The lowest BCUT2D eigenvalue weighted by molar-refractivity contribution is 0.0466.